The van der Waals surface area contributed by atoms with Gasteiger partial charge in [-0.2, -0.15) is 0 Å². The third-order valence-electron chi connectivity index (χ3n) is 3.71. The monoisotopic (exact) mass is 267 g/mol. The van der Waals surface area contributed by atoms with E-state index in [1.807, 2.05) is 6.20 Å². The number of thiazole rings is 1. The van der Waals surface area contributed by atoms with E-state index in [0.717, 1.165) is 30.6 Å². The molecule has 2 unspecified atom stereocenters. The molecule has 0 saturated carbocycles. The number of aromatic nitrogens is 1. The van der Waals surface area contributed by atoms with Crippen molar-refractivity contribution < 1.29 is 0 Å². The van der Waals surface area contributed by atoms with Crippen molar-refractivity contribution in [2.75, 3.05) is 18.4 Å². The van der Waals surface area contributed by atoms with Gasteiger partial charge in [-0.1, -0.05) is 13.8 Å². The third kappa shape index (κ3) is 3.69. The van der Waals surface area contributed by atoms with Gasteiger partial charge >= 0.3 is 0 Å². The SMILES string of the molecule is CCCNc1ncc(CN2CCC(C)CC2C)s1. The van der Waals surface area contributed by atoms with E-state index in [4.69, 9.17) is 0 Å². The molecule has 0 aromatic carbocycles. The van der Waals surface area contributed by atoms with E-state index in [9.17, 15) is 0 Å². The van der Waals surface area contributed by atoms with Crippen molar-refractivity contribution >= 4 is 16.5 Å². The van der Waals surface area contributed by atoms with E-state index in [0.29, 0.717) is 6.04 Å². The van der Waals surface area contributed by atoms with Gasteiger partial charge in [-0.05, 0) is 38.6 Å². The van der Waals surface area contributed by atoms with Gasteiger partial charge in [0.15, 0.2) is 5.13 Å². The summed E-state index contributed by atoms with van der Waals surface area (Å²) in [5, 5.41) is 4.43. The van der Waals surface area contributed by atoms with Crippen molar-refractivity contribution in [1.29, 1.82) is 0 Å². The van der Waals surface area contributed by atoms with Crippen LogP contribution in [0.5, 0.6) is 0 Å². The number of hydrogen-bond acceptors (Lipinski definition) is 4. The fraction of sp³-hybridized carbons (Fsp3) is 0.786. The molecule has 1 aromatic rings. The third-order valence-corrected chi connectivity index (χ3v) is 4.65. The van der Waals surface area contributed by atoms with E-state index in [1.54, 1.807) is 11.3 Å². The van der Waals surface area contributed by atoms with Gasteiger partial charge < -0.3 is 5.32 Å². The van der Waals surface area contributed by atoms with Crippen LogP contribution in [0.3, 0.4) is 0 Å². The Kier molecular flexibility index (Phi) is 5.01. The summed E-state index contributed by atoms with van der Waals surface area (Å²) in [4.78, 5) is 8.42. The first-order valence-electron chi connectivity index (χ1n) is 7.11. The normalized spacial score (nSPS) is 25.3. The smallest absolute Gasteiger partial charge is 0.182 e. The summed E-state index contributed by atoms with van der Waals surface area (Å²) in [5.74, 6) is 0.888. The van der Waals surface area contributed by atoms with Gasteiger partial charge in [0.25, 0.3) is 0 Å². The van der Waals surface area contributed by atoms with Crippen LogP contribution in [-0.2, 0) is 6.54 Å². The van der Waals surface area contributed by atoms with Crippen molar-refractivity contribution in [1.82, 2.24) is 9.88 Å². The number of rotatable bonds is 5. The van der Waals surface area contributed by atoms with Crippen LogP contribution in [0.25, 0.3) is 0 Å². The van der Waals surface area contributed by atoms with Crippen LogP contribution >= 0.6 is 11.3 Å². The average molecular weight is 267 g/mol. The van der Waals surface area contributed by atoms with Gasteiger partial charge in [0.05, 0.1) is 0 Å². The molecule has 1 aromatic heterocycles. The molecule has 102 valence electrons. The van der Waals surface area contributed by atoms with Crippen molar-refractivity contribution in [3.05, 3.63) is 11.1 Å². The number of nitrogens with one attached hydrogen (secondary N) is 1. The molecule has 2 rings (SSSR count). The zero-order valence-corrected chi connectivity index (χ0v) is 12.6. The molecule has 18 heavy (non-hydrogen) atoms. The van der Waals surface area contributed by atoms with Crippen molar-refractivity contribution in [3.63, 3.8) is 0 Å². The Labute approximate surface area is 115 Å². The second-order valence-corrected chi connectivity index (χ2v) is 6.62. The summed E-state index contributed by atoms with van der Waals surface area (Å²) in [7, 11) is 0. The number of piperidine rings is 1. The Hall–Kier alpha value is -0.610. The summed E-state index contributed by atoms with van der Waals surface area (Å²) in [6.07, 6.45) is 5.85. The Bertz CT molecular complexity index is 364. The van der Waals surface area contributed by atoms with E-state index < -0.39 is 0 Å². The molecule has 0 amide bonds. The molecule has 3 nitrogen and oxygen atoms in total. The Morgan fingerprint density at radius 2 is 2.33 bits per heavy atom. The topological polar surface area (TPSA) is 28.2 Å². The molecule has 0 bridgehead atoms. The van der Waals surface area contributed by atoms with Crippen LogP contribution in [0, 0.1) is 5.92 Å². The molecule has 2 atom stereocenters. The summed E-state index contributed by atoms with van der Waals surface area (Å²) in [5.41, 5.74) is 0. The molecule has 1 aliphatic heterocycles. The molecule has 1 N–H and O–H groups in total. The van der Waals surface area contributed by atoms with Gasteiger partial charge in [-0.25, -0.2) is 4.98 Å². The molecular weight excluding hydrogens is 242 g/mol. The van der Waals surface area contributed by atoms with E-state index in [1.165, 1.54) is 24.3 Å². The molecule has 0 radical (unpaired) electrons. The predicted molar refractivity (Wildman–Crippen MR) is 79.2 cm³/mol. The fourth-order valence-electron chi connectivity index (χ4n) is 2.59. The first-order chi connectivity index (χ1) is 8.69. The summed E-state index contributed by atoms with van der Waals surface area (Å²) in [6, 6.07) is 0.711. The van der Waals surface area contributed by atoms with Crippen molar-refractivity contribution in [2.45, 2.75) is 52.6 Å². The maximum Gasteiger partial charge on any atom is 0.182 e. The largest absolute Gasteiger partial charge is 0.362 e. The first kappa shape index (κ1) is 13.8. The molecule has 0 spiro atoms. The average Bonchev–Trinajstić information content (AvgIpc) is 2.78. The van der Waals surface area contributed by atoms with Gasteiger partial charge in [-0.15, -0.1) is 11.3 Å². The van der Waals surface area contributed by atoms with Crippen LogP contribution in [-0.4, -0.2) is 29.0 Å². The first-order valence-corrected chi connectivity index (χ1v) is 7.93. The Morgan fingerprint density at radius 3 is 3.06 bits per heavy atom. The number of anilines is 1. The van der Waals surface area contributed by atoms with Crippen LogP contribution in [0.15, 0.2) is 6.20 Å². The highest BCUT2D eigenvalue weighted by Crippen LogP contribution is 2.26. The zero-order valence-electron chi connectivity index (χ0n) is 11.8. The van der Waals surface area contributed by atoms with Crippen LogP contribution in [0.4, 0.5) is 5.13 Å². The predicted octanol–water partition coefficient (Wildman–Crippen LogP) is 3.59. The van der Waals surface area contributed by atoms with Gasteiger partial charge in [-0.3, -0.25) is 4.90 Å². The molecule has 1 aliphatic rings. The van der Waals surface area contributed by atoms with Crippen molar-refractivity contribution in [2.24, 2.45) is 5.92 Å². The van der Waals surface area contributed by atoms with Crippen LogP contribution in [0.2, 0.25) is 0 Å². The van der Waals surface area contributed by atoms with Crippen LogP contribution in [0.1, 0.15) is 44.9 Å². The lowest BCUT2D eigenvalue weighted by molar-refractivity contribution is 0.123. The van der Waals surface area contributed by atoms with Gasteiger partial charge in [0.2, 0.25) is 0 Å². The number of hydrogen-bond donors (Lipinski definition) is 1. The summed E-state index contributed by atoms with van der Waals surface area (Å²) in [6.45, 7) is 10.2. The fourth-order valence-corrected chi connectivity index (χ4v) is 3.45. The van der Waals surface area contributed by atoms with E-state index in [-0.39, 0.29) is 0 Å². The highest BCUT2D eigenvalue weighted by molar-refractivity contribution is 7.15. The lowest BCUT2D eigenvalue weighted by Crippen LogP contribution is -2.39. The maximum absolute atomic E-state index is 4.44. The van der Waals surface area contributed by atoms with E-state index in [2.05, 4.69) is 36.0 Å². The minimum Gasteiger partial charge on any atom is -0.362 e. The molecule has 2 heterocycles. The van der Waals surface area contributed by atoms with Gasteiger partial charge in [0, 0.05) is 30.2 Å². The standard InChI is InChI=1S/C14H25N3S/c1-4-6-15-14-16-9-13(18-14)10-17-7-5-11(2)8-12(17)3/h9,11-12H,4-8,10H2,1-3H3,(H,15,16). The molecule has 4 heteroatoms. The number of nitrogens with zero attached hydrogens (tertiary/aromatic N) is 2. The number of likely N-dealkylation sites (tertiary alicyclic amines) is 1. The van der Waals surface area contributed by atoms with Crippen LogP contribution < -0.4 is 5.32 Å². The van der Waals surface area contributed by atoms with E-state index >= 15 is 0 Å². The minimum atomic E-state index is 0.711. The lowest BCUT2D eigenvalue weighted by atomic mass is 9.93. The quantitative estimate of drug-likeness (QED) is 0.883. The molecule has 1 saturated heterocycles. The Balaban J connectivity index is 1.87. The highest BCUT2D eigenvalue weighted by Gasteiger charge is 2.23. The molecule has 0 aliphatic carbocycles. The lowest BCUT2D eigenvalue weighted by Gasteiger charge is -2.36. The summed E-state index contributed by atoms with van der Waals surface area (Å²) >= 11 is 1.81. The van der Waals surface area contributed by atoms with Crippen molar-refractivity contribution in [3.8, 4) is 0 Å². The minimum absolute atomic E-state index is 0.711. The van der Waals surface area contributed by atoms with Gasteiger partial charge in [0.1, 0.15) is 0 Å². The second kappa shape index (κ2) is 6.53. The highest BCUT2D eigenvalue weighted by atomic mass is 32.1. The summed E-state index contributed by atoms with van der Waals surface area (Å²) < 4.78 is 0. The molecular formula is C14H25N3S. The molecule has 1 fully saturated rings. The zero-order chi connectivity index (χ0) is 13.0. The Morgan fingerprint density at radius 1 is 1.50 bits per heavy atom. The second-order valence-electron chi connectivity index (χ2n) is 5.51. The maximum atomic E-state index is 4.44.